The van der Waals surface area contributed by atoms with Gasteiger partial charge < -0.3 is 10.2 Å². The number of nitrogens with one attached hydrogen (secondary N) is 1. The average Bonchev–Trinajstić information content (AvgIpc) is 2.62. The smallest absolute Gasteiger partial charge is 0.123 e. The third kappa shape index (κ3) is 5.11. The van der Waals surface area contributed by atoms with Crippen LogP contribution in [0.1, 0.15) is 22.7 Å². The lowest BCUT2D eigenvalue weighted by Gasteiger charge is -2.35. The topological polar surface area (TPSA) is 18.5 Å². The Balaban J connectivity index is 1.68. The van der Waals surface area contributed by atoms with Crippen molar-refractivity contribution in [1.29, 1.82) is 0 Å². The summed E-state index contributed by atoms with van der Waals surface area (Å²) in [7, 11) is 2.18. The number of aryl methyl sites for hydroxylation is 1. The lowest BCUT2D eigenvalue weighted by Crippen LogP contribution is -2.47. The van der Waals surface area contributed by atoms with E-state index in [1.54, 1.807) is 12.1 Å². The molecule has 0 bridgehead atoms. The minimum absolute atomic E-state index is 0.168. The van der Waals surface area contributed by atoms with Gasteiger partial charge in [0.05, 0.1) is 0 Å². The summed E-state index contributed by atoms with van der Waals surface area (Å²) in [6, 6.07) is 15.9. The van der Waals surface area contributed by atoms with Crippen LogP contribution in [-0.2, 0) is 6.54 Å². The molecule has 0 aromatic heterocycles. The van der Waals surface area contributed by atoms with Gasteiger partial charge in [-0.25, -0.2) is 4.39 Å². The zero-order chi connectivity index (χ0) is 17.6. The highest BCUT2D eigenvalue weighted by Crippen LogP contribution is 2.17. The van der Waals surface area contributed by atoms with E-state index in [9.17, 15) is 4.39 Å². The van der Waals surface area contributed by atoms with Crippen LogP contribution in [0.25, 0.3) is 0 Å². The Morgan fingerprint density at radius 2 is 1.76 bits per heavy atom. The van der Waals surface area contributed by atoms with Gasteiger partial charge in [0.25, 0.3) is 0 Å². The van der Waals surface area contributed by atoms with Crippen molar-refractivity contribution in [3.8, 4) is 0 Å². The van der Waals surface area contributed by atoms with Crippen molar-refractivity contribution in [2.75, 3.05) is 39.8 Å². The zero-order valence-corrected chi connectivity index (χ0v) is 15.2. The standard InChI is InChI=1S/C21H28FN3/c1-17-14-20(22)9-8-19(17)15-23-21(18-6-4-3-5-7-18)16-25-12-10-24(2)11-13-25/h3-9,14,21,23H,10-13,15-16H2,1-2H3/t21-/m1/s1. The quantitative estimate of drug-likeness (QED) is 0.870. The number of likely N-dealkylation sites (N-methyl/N-ethyl adjacent to an activating group) is 1. The Bertz CT molecular complexity index is 666. The maximum absolute atomic E-state index is 13.3. The van der Waals surface area contributed by atoms with Crippen molar-refractivity contribution in [2.24, 2.45) is 0 Å². The highest BCUT2D eigenvalue weighted by atomic mass is 19.1. The van der Waals surface area contributed by atoms with Crippen molar-refractivity contribution < 1.29 is 4.39 Å². The van der Waals surface area contributed by atoms with Gasteiger partial charge in [-0.1, -0.05) is 36.4 Å². The fraction of sp³-hybridized carbons (Fsp3) is 0.429. The van der Waals surface area contributed by atoms with E-state index in [0.717, 1.165) is 50.4 Å². The predicted molar refractivity (Wildman–Crippen MR) is 101 cm³/mol. The normalized spacial score (nSPS) is 17.6. The number of hydrogen-bond acceptors (Lipinski definition) is 3. The van der Waals surface area contributed by atoms with Crippen LogP contribution in [0, 0.1) is 12.7 Å². The molecule has 3 nitrogen and oxygen atoms in total. The Morgan fingerprint density at radius 1 is 1.04 bits per heavy atom. The van der Waals surface area contributed by atoms with Crippen LogP contribution >= 0.6 is 0 Å². The number of hydrogen-bond donors (Lipinski definition) is 1. The monoisotopic (exact) mass is 341 g/mol. The van der Waals surface area contributed by atoms with Crippen LogP contribution in [0.5, 0.6) is 0 Å². The number of halogens is 1. The van der Waals surface area contributed by atoms with Crippen LogP contribution in [0.3, 0.4) is 0 Å². The molecule has 0 aliphatic carbocycles. The molecule has 134 valence electrons. The fourth-order valence-electron chi connectivity index (χ4n) is 3.35. The number of rotatable bonds is 6. The first-order valence-electron chi connectivity index (χ1n) is 9.06. The van der Waals surface area contributed by atoms with Gasteiger partial charge in [-0.3, -0.25) is 4.90 Å². The second-order valence-corrected chi connectivity index (χ2v) is 7.02. The summed E-state index contributed by atoms with van der Waals surface area (Å²) in [5.74, 6) is -0.168. The molecule has 2 aromatic rings. The van der Waals surface area contributed by atoms with E-state index in [4.69, 9.17) is 0 Å². The lowest BCUT2D eigenvalue weighted by molar-refractivity contribution is 0.142. The summed E-state index contributed by atoms with van der Waals surface area (Å²) in [4.78, 5) is 4.91. The van der Waals surface area contributed by atoms with E-state index in [2.05, 4.69) is 52.5 Å². The Morgan fingerprint density at radius 3 is 2.44 bits per heavy atom. The first kappa shape index (κ1) is 18.1. The van der Waals surface area contributed by atoms with Crippen LogP contribution in [0.2, 0.25) is 0 Å². The van der Waals surface area contributed by atoms with Crippen LogP contribution in [0.15, 0.2) is 48.5 Å². The summed E-state index contributed by atoms with van der Waals surface area (Å²) in [6.45, 7) is 8.18. The zero-order valence-electron chi connectivity index (χ0n) is 15.2. The van der Waals surface area contributed by atoms with E-state index in [0.29, 0.717) is 0 Å². The molecule has 1 aliphatic rings. The van der Waals surface area contributed by atoms with Crippen LogP contribution < -0.4 is 5.32 Å². The van der Waals surface area contributed by atoms with Gasteiger partial charge in [0, 0.05) is 45.3 Å². The third-order valence-corrected chi connectivity index (χ3v) is 5.08. The molecule has 2 aromatic carbocycles. The summed E-state index contributed by atoms with van der Waals surface area (Å²) in [5.41, 5.74) is 3.46. The van der Waals surface area contributed by atoms with E-state index in [1.807, 2.05) is 13.0 Å². The van der Waals surface area contributed by atoms with E-state index < -0.39 is 0 Å². The Labute approximate surface area is 150 Å². The largest absolute Gasteiger partial charge is 0.305 e. The molecule has 25 heavy (non-hydrogen) atoms. The molecule has 1 saturated heterocycles. The molecule has 0 spiro atoms. The molecule has 0 saturated carbocycles. The van der Waals surface area contributed by atoms with Crippen LogP contribution in [-0.4, -0.2) is 49.6 Å². The van der Waals surface area contributed by atoms with Crippen molar-refractivity contribution in [1.82, 2.24) is 15.1 Å². The fourth-order valence-corrected chi connectivity index (χ4v) is 3.35. The molecule has 1 fully saturated rings. The molecule has 4 heteroatoms. The van der Waals surface area contributed by atoms with Crippen molar-refractivity contribution in [3.05, 3.63) is 71.0 Å². The van der Waals surface area contributed by atoms with Gasteiger partial charge in [0.1, 0.15) is 5.82 Å². The van der Waals surface area contributed by atoms with Gasteiger partial charge >= 0.3 is 0 Å². The second-order valence-electron chi connectivity index (χ2n) is 7.02. The maximum Gasteiger partial charge on any atom is 0.123 e. The molecule has 1 atom stereocenters. The molecular weight excluding hydrogens is 313 g/mol. The number of nitrogens with zero attached hydrogens (tertiary/aromatic N) is 2. The van der Waals surface area contributed by atoms with Crippen molar-refractivity contribution >= 4 is 0 Å². The van der Waals surface area contributed by atoms with Crippen molar-refractivity contribution in [2.45, 2.75) is 19.5 Å². The van der Waals surface area contributed by atoms with E-state index in [-0.39, 0.29) is 11.9 Å². The summed E-state index contributed by atoms with van der Waals surface area (Å²) >= 11 is 0. The molecule has 0 amide bonds. The van der Waals surface area contributed by atoms with Gasteiger partial charge in [-0.2, -0.15) is 0 Å². The minimum atomic E-state index is -0.168. The minimum Gasteiger partial charge on any atom is -0.305 e. The number of benzene rings is 2. The third-order valence-electron chi connectivity index (χ3n) is 5.08. The summed E-state index contributed by atoms with van der Waals surface area (Å²) < 4.78 is 13.3. The molecule has 0 radical (unpaired) electrons. The molecule has 1 N–H and O–H groups in total. The summed E-state index contributed by atoms with van der Waals surface area (Å²) in [6.07, 6.45) is 0. The first-order chi connectivity index (χ1) is 12.1. The maximum atomic E-state index is 13.3. The Kier molecular flexibility index (Phi) is 6.19. The van der Waals surface area contributed by atoms with Crippen LogP contribution in [0.4, 0.5) is 4.39 Å². The van der Waals surface area contributed by atoms with E-state index in [1.165, 1.54) is 5.56 Å². The van der Waals surface area contributed by atoms with Gasteiger partial charge in [-0.05, 0) is 42.8 Å². The highest BCUT2D eigenvalue weighted by molar-refractivity contribution is 5.27. The van der Waals surface area contributed by atoms with E-state index >= 15 is 0 Å². The van der Waals surface area contributed by atoms with Crippen molar-refractivity contribution in [3.63, 3.8) is 0 Å². The van der Waals surface area contributed by atoms with Gasteiger partial charge in [0.2, 0.25) is 0 Å². The number of piperazine rings is 1. The molecular formula is C21H28FN3. The molecule has 1 aliphatic heterocycles. The molecule has 1 heterocycles. The van der Waals surface area contributed by atoms with Gasteiger partial charge in [-0.15, -0.1) is 0 Å². The highest BCUT2D eigenvalue weighted by Gasteiger charge is 2.19. The summed E-state index contributed by atoms with van der Waals surface area (Å²) in [5, 5.41) is 3.69. The molecule has 3 rings (SSSR count). The molecule has 0 unspecified atom stereocenters. The first-order valence-corrected chi connectivity index (χ1v) is 9.06. The predicted octanol–water partition coefficient (Wildman–Crippen LogP) is 3.21. The lowest BCUT2D eigenvalue weighted by atomic mass is 10.0. The second kappa shape index (κ2) is 8.56. The Hall–Kier alpha value is -1.75. The average molecular weight is 341 g/mol. The van der Waals surface area contributed by atoms with Gasteiger partial charge in [0.15, 0.2) is 0 Å². The SMILES string of the molecule is Cc1cc(F)ccc1CN[C@H](CN1CCN(C)CC1)c1ccccc1.